The van der Waals surface area contributed by atoms with Crippen molar-refractivity contribution in [1.82, 2.24) is 9.47 Å². The van der Waals surface area contributed by atoms with Gasteiger partial charge < -0.3 is 14.8 Å². The number of carbonyl (C=O) groups excluding carboxylic acids is 2. The quantitative estimate of drug-likeness (QED) is 0.623. The summed E-state index contributed by atoms with van der Waals surface area (Å²) < 4.78 is 2.72. The van der Waals surface area contributed by atoms with Crippen LogP contribution in [0.1, 0.15) is 28.9 Å². The van der Waals surface area contributed by atoms with Crippen LogP contribution in [-0.4, -0.2) is 34.4 Å². The zero-order valence-electron chi connectivity index (χ0n) is 16.2. The molecule has 3 aromatic rings. The van der Waals surface area contributed by atoms with Crippen molar-refractivity contribution in [2.75, 3.05) is 18.4 Å². The molecular formula is C23H19BrN4O2. The van der Waals surface area contributed by atoms with Crippen LogP contribution in [0.3, 0.4) is 0 Å². The average molecular weight is 463 g/mol. The summed E-state index contributed by atoms with van der Waals surface area (Å²) in [6.45, 7) is 1.11. The highest BCUT2D eigenvalue weighted by Gasteiger charge is 2.49. The van der Waals surface area contributed by atoms with E-state index in [9.17, 15) is 14.9 Å². The third kappa shape index (κ3) is 2.75. The number of halogens is 1. The molecule has 1 aromatic heterocycles. The molecule has 0 aliphatic carbocycles. The third-order valence-corrected chi connectivity index (χ3v) is 6.84. The highest BCUT2D eigenvalue weighted by atomic mass is 79.9. The zero-order valence-corrected chi connectivity index (χ0v) is 17.8. The fourth-order valence-corrected chi connectivity index (χ4v) is 5.13. The van der Waals surface area contributed by atoms with Crippen LogP contribution >= 0.6 is 15.9 Å². The lowest BCUT2D eigenvalue weighted by Crippen LogP contribution is -2.48. The molecule has 0 atom stereocenters. The lowest BCUT2D eigenvalue weighted by atomic mass is 9.73. The minimum absolute atomic E-state index is 0.0151. The van der Waals surface area contributed by atoms with Crippen molar-refractivity contribution in [3.05, 3.63) is 64.3 Å². The second-order valence-corrected chi connectivity index (χ2v) is 8.77. The number of likely N-dealkylation sites (tertiary alicyclic amines) is 1. The molecule has 1 saturated heterocycles. The zero-order chi connectivity index (χ0) is 20.9. The Bertz CT molecular complexity index is 1230. The van der Waals surface area contributed by atoms with Gasteiger partial charge in [0, 0.05) is 34.2 Å². The Balaban J connectivity index is 1.43. The van der Waals surface area contributed by atoms with Crippen molar-refractivity contribution < 1.29 is 9.59 Å². The van der Waals surface area contributed by atoms with E-state index in [0.717, 1.165) is 26.6 Å². The first-order chi connectivity index (χ1) is 14.5. The lowest BCUT2D eigenvalue weighted by Gasteiger charge is -2.38. The predicted octanol–water partition coefficient (Wildman–Crippen LogP) is 4.05. The Kier molecular flexibility index (Phi) is 4.40. The number of carbonyl (C=O) groups is 2. The number of nitrogens with one attached hydrogen (secondary N) is 1. The summed E-state index contributed by atoms with van der Waals surface area (Å²) in [4.78, 5) is 28.0. The van der Waals surface area contributed by atoms with Crippen LogP contribution in [0.5, 0.6) is 0 Å². The van der Waals surface area contributed by atoms with Gasteiger partial charge in [0.25, 0.3) is 5.91 Å². The Labute approximate surface area is 182 Å². The van der Waals surface area contributed by atoms with Crippen LogP contribution in [0.25, 0.3) is 10.9 Å². The van der Waals surface area contributed by atoms with E-state index in [1.807, 2.05) is 48.5 Å². The van der Waals surface area contributed by atoms with E-state index in [-0.39, 0.29) is 18.4 Å². The number of amides is 2. The van der Waals surface area contributed by atoms with Gasteiger partial charge in [-0.3, -0.25) is 9.59 Å². The Morgan fingerprint density at radius 2 is 1.93 bits per heavy atom. The van der Waals surface area contributed by atoms with Crippen LogP contribution < -0.4 is 5.32 Å². The number of hydrogen-bond acceptors (Lipinski definition) is 3. The number of aromatic nitrogens is 1. The topological polar surface area (TPSA) is 78.1 Å². The van der Waals surface area contributed by atoms with Gasteiger partial charge in [0.05, 0.1) is 11.5 Å². The van der Waals surface area contributed by atoms with Crippen LogP contribution in [0.4, 0.5) is 5.69 Å². The molecule has 5 rings (SSSR count). The van der Waals surface area contributed by atoms with Crippen LogP contribution in [0, 0.1) is 11.3 Å². The summed E-state index contributed by atoms with van der Waals surface area (Å²) in [5, 5.41) is 13.2. The number of benzene rings is 2. The van der Waals surface area contributed by atoms with E-state index < -0.39 is 5.41 Å². The summed E-state index contributed by atoms with van der Waals surface area (Å²) in [6.07, 6.45) is 1.15. The molecule has 0 saturated carbocycles. The molecule has 1 N–H and O–H groups in total. The largest absolute Gasteiger partial charge is 0.337 e. The van der Waals surface area contributed by atoms with Crippen LogP contribution in [0.2, 0.25) is 0 Å². The van der Waals surface area contributed by atoms with Gasteiger partial charge >= 0.3 is 0 Å². The molecule has 0 unspecified atom stereocenters. The molecule has 3 heterocycles. The van der Waals surface area contributed by atoms with E-state index in [2.05, 4.69) is 27.3 Å². The van der Waals surface area contributed by atoms with Gasteiger partial charge in [-0.2, -0.15) is 5.26 Å². The van der Waals surface area contributed by atoms with Gasteiger partial charge in [-0.05, 0) is 48.7 Å². The number of fused-ring (bicyclic) bond motifs is 3. The second kappa shape index (κ2) is 6.99. The Morgan fingerprint density at radius 3 is 2.70 bits per heavy atom. The van der Waals surface area contributed by atoms with Crippen LogP contribution in [0.15, 0.2) is 53.0 Å². The lowest BCUT2D eigenvalue weighted by molar-refractivity contribution is -0.122. The maximum absolute atomic E-state index is 13.3. The molecule has 2 aliphatic rings. The van der Waals surface area contributed by atoms with Crippen molar-refractivity contribution in [1.29, 1.82) is 5.26 Å². The summed E-state index contributed by atoms with van der Waals surface area (Å²) in [5.41, 5.74) is 2.68. The van der Waals surface area contributed by atoms with Gasteiger partial charge in [-0.1, -0.05) is 34.1 Å². The first kappa shape index (κ1) is 18.9. The second-order valence-electron chi connectivity index (χ2n) is 7.85. The summed E-state index contributed by atoms with van der Waals surface area (Å²) in [6, 6.07) is 17.6. The first-order valence-corrected chi connectivity index (χ1v) is 10.7. The molecule has 30 heavy (non-hydrogen) atoms. The van der Waals surface area contributed by atoms with Gasteiger partial charge in [0.1, 0.15) is 12.2 Å². The molecule has 2 aliphatic heterocycles. The summed E-state index contributed by atoms with van der Waals surface area (Å²) in [7, 11) is 0. The maximum Gasteiger partial charge on any atom is 0.270 e. The molecular weight excluding hydrogens is 444 g/mol. The highest BCUT2D eigenvalue weighted by molar-refractivity contribution is 9.10. The van der Waals surface area contributed by atoms with Crippen molar-refractivity contribution in [3.8, 4) is 6.07 Å². The summed E-state index contributed by atoms with van der Waals surface area (Å²) >= 11 is 3.51. The fourth-order valence-electron chi connectivity index (χ4n) is 4.76. The minimum atomic E-state index is -0.588. The predicted molar refractivity (Wildman–Crippen MR) is 117 cm³/mol. The standard InChI is InChI=1S/C23H19BrN4O2/c24-16-5-6-18-17(14-16)23(22(30)26-18)7-10-27(11-8-23)21(29)20-13-15-3-1-2-4-19(15)28(20)12-9-25/h1-6,13-14H,7-8,10-12H2,(H,26,30). The maximum atomic E-state index is 13.3. The molecule has 0 bridgehead atoms. The first-order valence-electron chi connectivity index (χ1n) is 9.89. The number of anilines is 1. The van der Waals surface area contributed by atoms with Crippen LogP contribution in [-0.2, 0) is 16.8 Å². The molecule has 150 valence electrons. The normalized spacial score (nSPS) is 17.1. The third-order valence-electron chi connectivity index (χ3n) is 6.34. The summed E-state index contributed by atoms with van der Waals surface area (Å²) in [5.74, 6) is -0.0783. The number of para-hydroxylation sites is 1. The Morgan fingerprint density at radius 1 is 1.17 bits per heavy atom. The average Bonchev–Trinajstić information content (AvgIpc) is 3.25. The number of nitrogens with zero attached hydrogens (tertiary/aromatic N) is 3. The number of hydrogen-bond donors (Lipinski definition) is 1. The van der Waals surface area contributed by atoms with Crippen molar-refractivity contribution in [2.45, 2.75) is 24.8 Å². The number of rotatable bonds is 2. The molecule has 0 radical (unpaired) electrons. The molecule has 2 aromatic carbocycles. The molecule has 1 fully saturated rings. The smallest absolute Gasteiger partial charge is 0.270 e. The van der Waals surface area contributed by atoms with Gasteiger partial charge in [-0.25, -0.2) is 0 Å². The van der Waals surface area contributed by atoms with E-state index in [0.29, 0.717) is 31.6 Å². The molecule has 2 amide bonds. The van der Waals surface area contributed by atoms with Crippen molar-refractivity contribution >= 4 is 44.3 Å². The highest BCUT2D eigenvalue weighted by Crippen LogP contribution is 2.46. The Hall–Kier alpha value is -3.11. The fraction of sp³-hybridized carbons (Fsp3) is 0.261. The van der Waals surface area contributed by atoms with Gasteiger partial charge in [-0.15, -0.1) is 0 Å². The van der Waals surface area contributed by atoms with Crippen molar-refractivity contribution in [2.24, 2.45) is 0 Å². The van der Waals surface area contributed by atoms with Gasteiger partial charge in [0.15, 0.2) is 0 Å². The number of nitriles is 1. The van der Waals surface area contributed by atoms with E-state index in [1.54, 1.807) is 9.47 Å². The van der Waals surface area contributed by atoms with E-state index in [4.69, 9.17) is 0 Å². The van der Waals surface area contributed by atoms with E-state index >= 15 is 0 Å². The monoisotopic (exact) mass is 462 g/mol. The number of piperidine rings is 1. The van der Waals surface area contributed by atoms with Gasteiger partial charge in [0.2, 0.25) is 5.91 Å². The molecule has 7 heteroatoms. The molecule has 6 nitrogen and oxygen atoms in total. The minimum Gasteiger partial charge on any atom is -0.337 e. The SMILES string of the molecule is N#CCn1c(C(=O)N2CCC3(CC2)C(=O)Nc2ccc(Br)cc23)cc2ccccc21. The van der Waals surface area contributed by atoms with E-state index in [1.165, 1.54) is 0 Å². The van der Waals surface area contributed by atoms with Crippen molar-refractivity contribution in [3.63, 3.8) is 0 Å². The molecule has 1 spiro atoms.